The summed E-state index contributed by atoms with van der Waals surface area (Å²) in [5.74, 6) is -1.51. The number of aromatic nitrogens is 1. The third-order valence-electron chi connectivity index (χ3n) is 7.98. The van der Waals surface area contributed by atoms with E-state index in [1.54, 1.807) is 91.0 Å². The van der Waals surface area contributed by atoms with Crippen LogP contribution in [-0.4, -0.2) is 32.7 Å². The summed E-state index contributed by atoms with van der Waals surface area (Å²) in [6.45, 7) is 1.87. The van der Waals surface area contributed by atoms with Gasteiger partial charge in [-0.2, -0.15) is 0 Å². The molecular weight excluding hydrogens is 703 g/mol. The van der Waals surface area contributed by atoms with Crippen molar-refractivity contribution >= 4 is 97.2 Å². The number of hydrogen-bond donors (Lipinski definition) is 1. The van der Waals surface area contributed by atoms with E-state index in [4.69, 9.17) is 12.2 Å². The van der Waals surface area contributed by atoms with Gasteiger partial charge in [-0.15, -0.1) is 11.3 Å². The minimum Gasteiger partial charge on any atom is -0.322 e. The Balaban J connectivity index is 1.18. The summed E-state index contributed by atoms with van der Waals surface area (Å²) in [4.78, 5) is 59.9. The quantitative estimate of drug-likeness (QED) is 0.0543. The van der Waals surface area contributed by atoms with Gasteiger partial charge >= 0.3 is 0 Å². The third-order valence-corrected chi connectivity index (χ3v) is 10.5. The molecule has 1 aromatic heterocycles. The number of carbonyl (C=O) groups is 3. The van der Waals surface area contributed by atoms with Crippen molar-refractivity contribution in [1.82, 2.24) is 4.98 Å². The van der Waals surface area contributed by atoms with E-state index >= 15 is 0 Å². The van der Waals surface area contributed by atoms with E-state index < -0.39 is 16.7 Å². The Morgan fingerprint density at radius 2 is 1.49 bits per heavy atom. The van der Waals surface area contributed by atoms with Gasteiger partial charge in [0.2, 0.25) is 0 Å². The fourth-order valence-corrected chi connectivity index (χ4v) is 8.03. The van der Waals surface area contributed by atoms with Crippen molar-refractivity contribution in [3.05, 3.63) is 154 Å². The Kier molecular flexibility index (Phi) is 9.24. The Morgan fingerprint density at radius 3 is 2.12 bits per heavy atom. The Labute approximate surface area is 305 Å². The maximum Gasteiger partial charge on any atom is 0.283 e. The molecule has 6 aromatic rings. The molecule has 3 amide bonds. The van der Waals surface area contributed by atoms with Gasteiger partial charge in [-0.05, 0) is 90.9 Å². The molecule has 0 atom stereocenters. The first-order chi connectivity index (χ1) is 24.7. The van der Waals surface area contributed by atoms with E-state index in [-0.39, 0.29) is 27.8 Å². The van der Waals surface area contributed by atoms with Gasteiger partial charge in [0.1, 0.15) is 5.57 Å². The van der Waals surface area contributed by atoms with Crippen molar-refractivity contribution in [2.24, 2.45) is 0 Å². The Morgan fingerprint density at radius 1 is 0.863 bits per heavy atom. The average molecular weight is 728 g/mol. The maximum atomic E-state index is 13.9. The molecule has 1 fully saturated rings. The molecule has 0 spiro atoms. The monoisotopic (exact) mass is 727 g/mol. The number of hydrogen-bond acceptors (Lipinski definition) is 9. The number of nitro groups is 1. The highest BCUT2D eigenvalue weighted by atomic mass is 32.2. The lowest BCUT2D eigenvalue weighted by Crippen LogP contribution is -2.56. The molecule has 250 valence electrons. The predicted octanol–water partition coefficient (Wildman–Crippen LogP) is 8.66. The molecular formula is C38H25N5O5S3. The number of anilines is 3. The van der Waals surface area contributed by atoms with E-state index in [1.807, 2.05) is 31.2 Å². The van der Waals surface area contributed by atoms with Gasteiger partial charge in [0.15, 0.2) is 9.45 Å². The van der Waals surface area contributed by atoms with Gasteiger partial charge in [0, 0.05) is 17.3 Å². The standard InChI is InChI=1S/C38H25N5O5S3/c1-23-10-8-9-15-28(23)34(44)39-25-17-18-30-33(22-25)51-37(40-30)50-32-19-16-24(21-31(32)43(47)48)20-29-35(45)41(26-11-4-2-5-12-26)38(49)42(36(29)46)27-13-6-3-7-14-27/h2-22H,1H3,(H,39,44). The number of aryl methyl sites for hydroxylation is 1. The molecule has 0 unspecified atom stereocenters. The van der Waals surface area contributed by atoms with Gasteiger partial charge in [-0.25, -0.2) is 4.98 Å². The number of para-hydroxylation sites is 2. The van der Waals surface area contributed by atoms with Crippen molar-refractivity contribution in [1.29, 1.82) is 0 Å². The van der Waals surface area contributed by atoms with Crippen LogP contribution in [0.25, 0.3) is 16.3 Å². The third kappa shape index (κ3) is 6.77. The van der Waals surface area contributed by atoms with E-state index in [2.05, 4.69) is 10.3 Å². The van der Waals surface area contributed by atoms with Crippen LogP contribution >= 0.6 is 35.3 Å². The molecule has 0 bridgehead atoms. The molecule has 2 heterocycles. The molecule has 1 aliphatic rings. The highest BCUT2D eigenvalue weighted by Crippen LogP contribution is 2.40. The van der Waals surface area contributed by atoms with Gasteiger partial charge in [0.25, 0.3) is 23.4 Å². The fraction of sp³-hybridized carbons (Fsp3) is 0.0263. The topological polar surface area (TPSA) is 126 Å². The van der Waals surface area contributed by atoms with Crippen LogP contribution in [0.4, 0.5) is 22.7 Å². The molecule has 5 aromatic carbocycles. The van der Waals surface area contributed by atoms with Crippen molar-refractivity contribution in [3.63, 3.8) is 0 Å². The largest absolute Gasteiger partial charge is 0.322 e. The number of rotatable bonds is 8. The zero-order valence-corrected chi connectivity index (χ0v) is 29.1. The summed E-state index contributed by atoms with van der Waals surface area (Å²) < 4.78 is 1.35. The Bertz CT molecular complexity index is 2350. The average Bonchev–Trinajstić information content (AvgIpc) is 3.53. The Hall–Kier alpha value is -6.02. The first-order valence-corrected chi connectivity index (χ1v) is 17.5. The number of nitrogens with one attached hydrogen (secondary N) is 1. The zero-order chi connectivity index (χ0) is 35.6. The van der Waals surface area contributed by atoms with E-state index in [1.165, 1.54) is 33.3 Å². The first-order valence-electron chi connectivity index (χ1n) is 15.5. The van der Waals surface area contributed by atoms with Crippen LogP contribution < -0.4 is 15.1 Å². The summed E-state index contributed by atoms with van der Waals surface area (Å²) in [6, 6.07) is 34.7. The molecule has 13 heteroatoms. The number of nitrogens with zero attached hydrogens (tertiary/aromatic N) is 4. The highest BCUT2D eigenvalue weighted by Gasteiger charge is 2.41. The minimum atomic E-state index is -0.645. The van der Waals surface area contributed by atoms with Crippen LogP contribution in [0.5, 0.6) is 0 Å². The summed E-state index contributed by atoms with van der Waals surface area (Å²) in [6.07, 6.45) is 1.35. The highest BCUT2D eigenvalue weighted by molar-refractivity contribution is 8.01. The van der Waals surface area contributed by atoms with E-state index in [0.717, 1.165) is 22.0 Å². The van der Waals surface area contributed by atoms with Crippen LogP contribution in [0.15, 0.2) is 136 Å². The van der Waals surface area contributed by atoms with Crippen LogP contribution in [-0.2, 0) is 9.59 Å². The normalized spacial score (nSPS) is 13.1. The second kappa shape index (κ2) is 14.1. The lowest BCUT2D eigenvalue weighted by atomic mass is 10.0. The van der Waals surface area contributed by atoms with Crippen LogP contribution in [0.2, 0.25) is 0 Å². The minimum absolute atomic E-state index is 0.00564. The van der Waals surface area contributed by atoms with Crippen LogP contribution in [0.1, 0.15) is 21.5 Å². The van der Waals surface area contributed by atoms with Crippen LogP contribution in [0, 0.1) is 17.0 Å². The van der Waals surface area contributed by atoms with Crippen molar-refractivity contribution < 1.29 is 19.3 Å². The molecule has 0 radical (unpaired) electrons. The smallest absolute Gasteiger partial charge is 0.283 e. The lowest BCUT2D eigenvalue weighted by molar-refractivity contribution is -0.387. The second-order valence-electron chi connectivity index (χ2n) is 11.3. The van der Waals surface area contributed by atoms with E-state index in [9.17, 15) is 24.5 Å². The summed E-state index contributed by atoms with van der Waals surface area (Å²) in [7, 11) is 0. The number of amides is 3. The van der Waals surface area contributed by atoms with E-state index in [0.29, 0.717) is 37.4 Å². The fourth-order valence-electron chi connectivity index (χ4n) is 5.50. The predicted molar refractivity (Wildman–Crippen MR) is 204 cm³/mol. The van der Waals surface area contributed by atoms with Crippen LogP contribution in [0.3, 0.4) is 0 Å². The molecule has 51 heavy (non-hydrogen) atoms. The number of thiazole rings is 1. The number of benzene rings is 5. The van der Waals surface area contributed by atoms with Gasteiger partial charge in [0.05, 0.1) is 31.4 Å². The van der Waals surface area contributed by atoms with Gasteiger partial charge < -0.3 is 5.32 Å². The summed E-state index contributed by atoms with van der Waals surface area (Å²) in [5.41, 5.74) is 3.53. The second-order valence-corrected chi connectivity index (χ2v) is 14.0. The SMILES string of the molecule is Cc1ccccc1C(=O)Nc1ccc2nc(Sc3ccc(C=C4C(=O)N(c5ccccc5)C(=S)N(c5ccccc5)C4=O)cc3[N+](=O)[O-])sc2c1. The summed E-state index contributed by atoms with van der Waals surface area (Å²) in [5, 5.41) is 15.2. The first kappa shape index (κ1) is 33.5. The van der Waals surface area contributed by atoms with Gasteiger partial charge in [-0.1, -0.05) is 72.4 Å². The summed E-state index contributed by atoms with van der Waals surface area (Å²) >= 11 is 8.12. The maximum absolute atomic E-state index is 13.9. The molecule has 7 rings (SSSR count). The number of thiocarbonyl (C=S) groups is 1. The molecule has 1 saturated heterocycles. The van der Waals surface area contributed by atoms with Gasteiger partial charge in [-0.3, -0.25) is 34.3 Å². The molecule has 1 aliphatic heterocycles. The lowest BCUT2D eigenvalue weighted by Gasteiger charge is -2.36. The van der Waals surface area contributed by atoms with Crippen molar-refractivity contribution in [3.8, 4) is 0 Å². The van der Waals surface area contributed by atoms with Crippen molar-refractivity contribution in [2.45, 2.75) is 16.2 Å². The number of carbonyl (C=O) groups excluding carboxylic acids is 3. The number of nitro benzene ring substituents is 1. The number of fused-ring (bicyclic) bond motifs is 1. The molecule has 10 nitrogen and oxygen atoms in total. The zero-order valence-electron chi connectivity index (χ0n) is 26.7. The molecule has 0 saturated carbocycles. The van der Waals surface area contributed by atoms with Crippen molar-refractivity contribution in [2.75, 3.05) is 15.1 Å². The molecule has 1 N–H and O–H groups in total. The molecule has 0 aliphatic carbocycles.